The molecule has 0 aromatic heterocycles. The average Bonchev–Trinajstić information content (AvgIpc) is 2.47. The number of aryl methyl sites for hydroxylation is 1. The molecule has 1 aliphatic heterocycles. The molecule has 19 heavy (non-hydrogen) atoms. The lowest BCUT2D eigenvalue weighted by atomic mass is 10.1. The molecule has 0 saturated carbocycles. The van der Waals surface area contributed by atoms with Crippen molar-refractivity contribution >= 4 is 0 Å². The Balaban J connectivity index is 1.71. The fourth-order valence-electron chi connectivity index (χ4n) is 2.51. The first kappa shape index (κ1) is 14.4. The number of ether oxygens (including phenoxy) is 1. The summed E-state index contributed by atoms with van der Waals surface area (Å²) in [7, 11) is 0. The predicted molar refractivity (Wildman–Crippen MR) is 77.6 cm³/mol. The third-order valence-electron chi connectivity index (χ3n) is 3.69. The minimum Gasteiger partial charge on any atom is -0.491 e. The molecule has 1 unspecified atom stereocenters. The van der Waals surface area contributed by atoms with E-state index in [1.165, 1.54) is 24.8 Å². The summed E-state index contributed by atoms with van der Waals surface area (Å²) in [5.41, 5.74) is 1.31. The van der Waals surface area contributed by atoms with Crippen LogP contribution in [0.3, 0.4) is 0 Å². The van der Waals surface area contributed by atoms with Crippen molar-refractivity contribution in [3.63, 3.8) is 0 Å². The van der Waals surface area contributed by atoms with Crippen molar-refractivity contribution in [1.82, 2.24) is 4.90 Å². The molecule has 0 amide bonds. The third kappa shape index (κ3) is 4.84. The van der Waals surface area contributed by atoms with Crippen LogP contribution in [0.1, 0.15) is 31.7 Å². The predicted octanol–water partition coefficient (Wildman–Crippen LogP) is 2.47. The number of piperidine rings is 1. The Bertz CT molecular complexity index is 358. The van der Waals surface area contributed by atoms with E-state index in [0.29, 0.717) is 6.61 Å². The SMILES string of the molecule is CCc1ccc(OCC(O)CN2CCCCC2)cc1. The van der Waals surface area contributed by atoms with Gasteiger partial charge in [0.2, 0.25) is 0 Å². The van der Waals surface area contributed by atoms with Crippen LogP contribution in [0, 0.1) is 0 Å². The lowest BCUT2D eigenvalue weighted by Gasteiger charge is -2.28. The summed E-state index contributed by atoms with van der Waals surface area (Å²) in [4.78, 5) is 2.33. The molecule has 1 atom stereocenters. The van der Waals surface area contributed by atoms with Crippen LogP contribution in [0.15, 0.2) is 24.3 Å². The highest BCUT2D eigenvalue weighted by atomic mass is 16.5. The lowest BCUT2D eigenvalue weighted by molar-refractivity contribution is 0.0617. The zero-order chi connectivity index (χ0) is 13.5. The van der Waals surface area contributed by atoms with Gasteiger partial charge in [0.15, 0.2) is 0 Å². The van der Waals surface area contributed by atoms with Gasteiger partial charge in [-0.25, -0.2) is 0 Å². The summed E-state index contributed by atoms with van der Waals surface area (Å²) >= 11 is 0. The van der Waals surface area contributed by atoms with Crippen molar-refractivity contribution in [1.29, 1.82) is 0 Å². The van der Waals surface area contributed by atoms with Gasteiger partial charge in [0.05, 0.1) is 0 Å². The topological polar surface area (TPSA) is 32.7 Å². The summed E-state index contributed by atoms with van der Waals surface area (Å²) in [6, 6.07) is 8.11. The van der Waals surface area contributed by atoms with E-state index in [4.69, 9.17) is 4.74 Å². The molecular weight excluding hydrogens is 238 g/mol. The van der Waals surface area contributed by atoms with Crippen LogP contribution in [0.4, 0.5) is 0 Å². The Kier molecular flexibility index (Phi) is 5.67. The number of nitrogens with zero attached hydrogens (tertiary/aromatic N) is 1. The Morgan fingerprint density at radius 1 is 1.16 bits per heavy atom. The van der Waals surface area contributed by atoms with Crippen LogP contribution in [0.5, 0.6) is 5.75 Å². The van der Waals surface area contributed by atoms with E-state index < -0.39 is 6.10 Å². The Morgan fingerprint density at radius 3 is 2.47 bits per heavy atom. The van der Waals surface area contributed by atoms with Crippen LogP contribution < -0.4 is 4.74 Å². The largest absolute Gasteiger partial charge is 0.491 e. The summed E-state index contributed by atoms with van der Waals surface area (Å²) < 4.78 is 5.63. The first-order valence-electron chi connectivity index (χ1n) is 7.40. The van der Waals surface area contributed by atoms with Gasteiger partial charge in [-0.15, -0.1) is 0 Å². The van der Waals surface area contributed by atoms with E-state index >= 15 is 0 Å². The number of hydrogen-bond acceptors (Lipinski definition) is 3. The minimum atomic E-state index is -0.399. The van der Waals surface area contributed by atoms with E-state index in [1.54, 1.807) is 0 Å². The summed E-state index contributed by atoms with van der Waals surface area (Å²) in [6.07, 6.45) is 4.48. The molecule has 1 heterocycles. The highest BCUT2D eigenvalue weighted by molar-refractivity contribution is 5.27. The molecular formula is C16H25NO2. The Hall–Kier alpha value is -1.06. The molecule has 0 radical (unpaired) electrons. The zero-order valence-corrected chi connectivity index (χ0v) is 11.8. The molecule has 1 aromatic rings. The fraction of sp³-hybridized carbons (Fsp3) is 0.625. The van der Waals surface area contributed by atoms with Crippen LogP contribution in [-0.2, 0) is 6.42 Å². The van der Waals surface area contributed by atoms with Gasteiger partial charge >= 0.3 is 0 Å². The number of rotatable bonds is 6. The van der Waals surface area contributed by atoms with Crippen molar-refractivity contribution in [3.05, 3.63) is 29.8 Å². The Morgan fingerprint density at radius 2 is 1.84 bits per heavy atom. The number of benzene rings is 1. The molecule has 3 nitrogen and oxygen atoms in total. The minimum absolute atomic E-state index is 0.377. The van der Waals surface area contributed by atoms with Crippen LogP contribution >= 0.6 is 0 Å². The van der Waals surface area contributed by atoms with E-state index in [0.717, 1.165) is 31.8 Å². The first-order chi connectivity index (χ1) is 9.28. The zero-order valence-electron chi connectivity index (χ0n) is 11.8. The molecule has 0 spiro atoms. The van der Waals surface area contributed by atoms with E-state index in [2.05, 4.69) is 24.0 Å². The van der Waals surface area contributed by atoms with Gasteiger partial charge in [-0.05, 0) is 50.0 Å². The molecule has 1 N–H and O–H groups in total. The first-order valence-corrected chi connectivity index (χ1v) is 7.40. The van der Waals surface area contributed by atoms with Gasteiger partial charge in [-0.1, -0.05) is 25.5 Å². The van der Waals surface area contributed by atoms with E-state index in [-0.39, 0.29) is 0 Å². The number of likely N-dealkylation sites (tertiary alicyclic amines) is 1. The van der Waals surface area contributed by atoms with Gasteiger partial charge in [0.1, 0.15) is 18.5 Å². The molecule has 1 fully saturated rings. The fourth-order valence-corrected chi connectivity index (χ4v) is 2.51. The van der Waals surface area contributed by atoms with E-state index in [1.807, 2.05) is 12.1 Å². The second-order valence-electron chi connectivity index (χ2n) is 5.32. The lowest BCUT2D eigenvalue weighted by Crippen LogP contribution is -2.38. The molecule has 0 aliphatic carbocycles. The number of aliphatic hydroxyl groups is 1. The number of hydrogen-bond donors (Lipinski definition) is 1. The van der Waals surface area contributed by atoms with Crippen LogP contribution in [0.2, 0.25) is 0 Å². The molecule has 2 rings (SSSR count). The van der Waals surface area contributed by atoms with Crippen LogP contribution in [0.25, 0.3) is 0 Å². The molecule has 1 saturated heterocycles. The van der Waals surface area contributed by atoms with Gasteiger partial charge < -0.3 is 14.7 Å². The third-order valence-corrected chi connectivity index (χ3v) is 3.69. The standard InChI is InChI=1S/C16H25NO2/c1-2-14-6-8-16(9-7-14)19-13-15(18)12-17-10-4-3-5-11-17/h6-9,15,18H,2-5,10-13H2,1H3. The maximum Gasteiger partial charge on any atom is 0.119 e. The molecule has 1 aliphatic rings. The van der Waals surface area contributed by atoms with Gasteiger partial charge in [-0.2, -0.15) is 0 Å². The molecule has 0 bridgehead atoms. The summed E-state index contributed by atoms with van der Waals surface area (Å²) in [6.45, 7) is 5.47. The monoisotopic (exact) mass is 263 g/mol. The molecule has 3 heteroatoms. The van der Waals surface area contributed by atoms with Crippen molar-refractivity contribution < 1.29 is 9.84 Å². The quantitative estimate of drug-likeness (QED) is 0.856. The maximum absolute atomic E-state index is 10.00. The summed E-state index contributed by atoms with van der Waals surface area (Å²) in [5, 5.41) is 10.00. The normalized spacial score (nSPS) is 18.2. The molecule has 106 valence electrons. The summed E-state index contributed by atoms with van der Waals surface area (Å²) in [5.74, 6) is 0.842. The van der Waals surface area contributed by atoms with E-state index in [9.17, 15) is 5.11 Å². The van der Waals surface area contributed by atoms with Gasteiger partial charge in [0, 0.05) is 6.54 Å². The average molecular weight is 263 g/mol. The Labute approximate surface area is 116 Å². The van der Waals surface area contributed by atoms with Crippen molar-refractivity contribution in [2.75, 3.05) is 26.2 Å². The molecule has 1 aromatic carbocycles. The van der Waals surface area contributed by atoms with Crippen molar-refractivity contribution in [3.8, 4) is 5.75 Å². The van der Waals surface area contributed by atoms with Gasteiger partial charge in [-0.3, -0.25) is 0 Å². The maximum atomic E-state index is 10.00. The smallest absolute Gasteiger partial charge is 0.119 e. The van der Waals surface area contributed by atoms with Crippen molar-refractivity contribution in [2.45, 2.75) is 38.7 Å². The number of aliphatic hydroxyl groups excluding tert-OH is 1. The second kappa shape index (κ2) is 7.51. The van der Waals surface area contributed by atoms with Crippen molar-refractivity contribution in [2.24, 2.45) is 0 Å². The number of β-amino-alcohol motifs (C(OH)–C–C–N with tert-alkyl or cyclic N) is 1. The van der Waals surface area contributed by atoms with Gasteiger partial charge in [0.25, 0.3) is 0 Å². The van der Waals surface area contributed by atoms with Crippen LogP contribution in [-0.4, -0.2) is 42.4 Å². The second-order valence-corrected chi connectivity index (χ2v) is 5.32. The highest BCUT2D eigenvalue weighted by Crippen LogP contribution is 2.13. The highest BCUT2D eigenvalue weighted by Gasteiger charge is 2.14.